The van der Waals surface area contributed by atoms with Gasteiger partial charge in [-0.25, -0.2) is 23.5 Å². The van der Waals surface area contributed by atoms with Gasteiger partial charge in [-0.15, -0.1) is 0 Å². The van der Waals surface area contributed by atoms with Gasteiger partial charge in [0.15, 0.2) is 0 Å². The second-order valence-corrected chi connectivity index (χ2v) is 25.2. The molecular weight excluding hydrogens is 1470 g/mol. The number of piperidine rings is 1. The summed E-state index contributed by atoms with van der Waals surface area (Å²) in [6, 6.07) is 78.2. The van der Waals surface area contributed by atoms with Gasteiger partial charge in [0.2, 0.25) is 0 Å². The lowest BCUT2D eigenvalue weighted by Gasteiger charge is -2.26. The number of nitro groups is 2. The molecule has 1 amide bonds. The largest absolute Gasteiger partial charge is 0.508 e. The van der Waals surface area contributed by atoms with Gasteiger partial charge >= 0.3 is 5.97 Å². The topological polar surface area (TPSA) is 304 Å². The summed E-state index contributed by atoms with van der Waals surface area (Å²) in [4.78, 5) is 57.0. The molecule has 558 valence electrons. The van der Waals surface area contributed by atoms with Crippen molar-refractivity contribution < 1.29 is 48.6 Å². The second-order valence-electron chi connectivity index (χ2n) is 24.2. The number of hydrogen-bond donors (Lipinski definition) is 4. The minimum absolute atomic E-state index is 0.0216. The highest BCUT2D eigenvalue weighted by Gasteiger charge is 2.21. The molecule has 0 radical (unpaired) electrons. The number of aromatic amines is 1. The first kappa shape index (κ1) is 77.8. The van der Waals surface area contributed by atoms with E-state index in [-0.39, 0.29) is 33.8 Å². The number of halogens is 3. The van der Waals surface area contributed by atoms with Crippen LogP contribution in [0.2, 0.25) is 15.5 Å². The average molecular weight is 1540 g/mol. The van der Waals surface area contributed by atoms with Crippen molar-refractivity contribution in [2.75, 3.05) is 52.9 Å². The summed E-state index contributed by atoms with van der Waals surface area (Å²) in [7, 11) is 4.80. The first-order valence-electron chi connectivity index (χ1n) is 34.2. The van der Waals surface area contributed by atoms with Crippen molar-refractivity contribution in [1.29, 1.82) is 0 Å². The lowest BCUT2D eigenvalue weighted by atomic mass is 10.1. The Morgan fingerprint density at radius 2 is 0.845 bits per heavy atom. The van der Waals surface area contributed by atoms with Crippen LogP contribution in [0.25, 0.3) is 66.4 Å². The standard InChI is InChI=1S/C20H22ClN3O.C14H11ClN2O.C14H12N2O4.C14H12N2O2.C13H9ClN2O.C7H5NO4/c21-20-18-6-2-3-7-19(18)22-24(20)16-8-10-17(11-9-16)25-15-14-23-12-4-1-5-13-23;1-18-11-8-6-10(7-9-11)17-14(15)12-4-2-3-5-13(12)16-17;1-20-11-8-6-10(7-9-11)15-14(17)12-4-2-3-5-13(12)16(18)19;1-18-11-8-6-10(7-9-11)16-14(17)12-4-2-3-5-13(12)15-16;14-13-11-3-1-2-4-12(11)15-16(13)9-5-7-10(17)8-6-9;9-7(10)5-3-1-2-4-6(5)8(11)12/h2-3,6-11H,1,4-5,12-15H2;2-9H,1H3;2-9H,1H3,(H,15,17);2-9,15H,1H3;1-8,17H;1-4H,(H,9,10). The molecule has 0 bridgehead atoms. The number of fused-ring (bicyclic) bond motifs is 4. The molecule has 1 saturated heterocycles. The molecule has 11 aromatic carbocycles. The van der Waals surface area contributed by atoms with Gasteiger partial charge in [-0.2, -0.15) is 15.3 Å². The maximum Gasteiger partial charge on any atom is 0.342 e. The fourth-order valence-electron chi connectivity index (χ4n) is 11.5. The third-order valence-electron chi connectivity index (χ3n) is 17.1. The number of amides is 1. The van der Waals surface area contributed by atoms with Crippen molar-refractivity contribution in [3.05, 3.63) is 324 Å². The van der Waals surface area contributed by atoms with E-state index in [9.17, 15) is 39.7 Å². The Kier molecular flexibility index (Phi) is 26.3. The third-order valence-corrected chi connectivity index (χ3v) is 18.2. The van der Waals surface area contributed by atoms with Gasteiger partial charge < -0.3 is 34.5 Å². The van der Waals surface area contributed by atoms with E-state index >= 15 is 0 Å². The predicted molar refractivity (Wildman–Crippen MR) is 427 cm³/mol. The number of ether oxygens (including phenoxy) is 4. The number of nitrogens with zero attached hydrogens (tertiary/aromatic N) is 10. The first-order valence-corrected chi connectivity index (χ1v) is 35.3. The molecule has 0 atom stereocenters. The molecule has 0 aliphatic carbocycles. The molecule has 28 heteroatoms. The number of methoxy groups -OCH3 is 3. The van der Waals surface area contributed by atoms with Crippen LogP contribution in [0.5, 0.6) is 28.7 Å². The molecule has 15 aromatic rings. The molecule has 1 aliphatic rings. The zero-order valence-electron chi connectivity index (χ0n) is 59.3. The number of likely N-dealkylation sites (tertiary alicyclic amines) is 1. The normalized spacial score (nSPS) is 11.5. The third kappa shape index (κ3) is 19.4. The Hall–Kier alpha value is -13.3. The molecule has 4 aromatic heterocycles. The number of carbonyl (C=O) groups excluding carboxylic acids is 1. The molecule has 5 heterocycles. The zero-order chi connectivity index (χ0) is 77.6. The Labute approximate surface area is 644 Å². The number of aromatic hydroxyl groups is 1. The van der Waals surface area contributed by atoms with Crippen LogP contribution in [-0.4, -0.2) is 124 Å². The number of nitro benzene ring substituents is 2. The molecule has 0 unspecified atom stereocenters. The van der Waals surface area contributed by atoms with E-state index in [1.54, 1.807) is 90.0 Å². The number of carboxylic acid groups (broad SMARTS) is 1. The number of phenols is 1. The number of H-pyrrole nitrogens is 1. The Balaban J connectivity index is 0.000000132. The summed E-state index contributed by atoms with van der Waals surface area (Å²) in [5.74, 6) is 1.53. The van der Waals surface area contributed by atoms with Gasteiger partial charge in [0.05, 0.1) is 81.4 Å². The fraction of sp³-hybridized carbons (Fsp3) is 0.122. The van der Waals surface area contributed by atoms with Gasteiger partial charge in [-0.05, 0) is 208 Å². The lowest BCUT2D eigenvalue weighted by Crippen LogP contribution is -2.33. The van der Waals surface area contributed by atoms with Gasteiger partial charge in [0.25, 0.3) is 22.8 Å². The van der Waals surface area contributed by atoms with Gasteiger partial charge in [-0.3, -0.25) is 39.8 Å². The number of phenolic OH excluding ortho intramolecular Hbond substituents is 1. The van der Waals surface area contributed by atoms with E-state index in [4.69, 9.17) is 58.9 Å². The molecule has 0 saturated carbocycles. The van der Waals surface area contributed by atoms with Gasteiger partial charge in [0.1, 0.15) is 61.9 Å². The van der Waals surface area contributed by atoms with E-state index in [1.807, 2.05) is 170 Å². The molecule has 1 aliphatic heterocycles. The fourth-order valence-corrected chi connectivity index (χ4v) is 12.4. The van der Waals surface area contributed by atoms with E-state index in [0.29, 0.717) is 32.3 Å². The Morgan fingerprint density at radius 1 is 0.473 bits per heavy atom. The minimum atomic E-state index is -1.29. The number of anilines is 1. The highest BCUT2D eigenvalue weighted by atomic mass is 35.5. The van der Waals surface area contributed by atoms with Crippen molar-refractivity contribution in [2.24, 2.45) is 0 Å². The number of nitrogens with one attached hydrogen (secondary N) is 2. The molecule has 0 spiro atoms. The lowest BCUT2D eigenvalue weighted by molar-refractivity contribution is -0.385. The van der Waals surface area contributed by atoms with Gasteiger partial charge in [0, 0.05) is 40.5 Å². The van der Waals surface area contributed by atoms with E-state index < -0.39 is 21.7 Å². The van der Waals surface area contributed by atoms with Crippen LogP contribution in [0.3, 0.4) is 0 Å². The quantitative estimate of drug-likeness (QED) is 0.0516. The number of aromatic carboxylic acids is 1. The van der Waals surface area contributed by atoms with Crippen molar-refractivity contribution in [2.45, 2.75) is 19.3 Å². The number of carboxylic acids is 1. The van der Waals surface area contributed by atoms with Crippen molar-refractivity contribution in [3.63, 3.8) is 0 Å². The van der Waals surface area contributed by atoms with Crippen LogP contribution in [0.1, 0.15) is 40.0 Å². The molecule has 16 rings (SSSR count). The number of para-hydroxylation sites is 3. The zero-order valence-corrected chi connectivity index (χ0v) is 61.6. The number of hydrogen-bond acceptors (Lipinski definition) is 16. The maximum atomic E-state index is 12.2. The molecule has 110 heavy (non-hydrogen) atoms. The van der Waals surface area contributed by atoms with Crippen molar-refractivity contribution in [1.82, 2.24) is 44.0 Å². The van der Waals surface area contributed by atoms with E-state index in [0.717, 1.165) is 97.4 Å². The van der Waals surface area contributed by atoms with E-state index in [1.165, 1.54) is 73.4 Å². The number of carbonyl (C=O) groups is 2. The average Bonchev–Trinajstić information content (AvgIpc) is 1.66. The Morgan fingerprint density at radius 3 is 1.26 bits per heavy atom. The van der Waals surface area contributed by atoms with Crippen LogP contribution in [0.15, 0.2) is 272 Å². The monoisotopic (exact) mass is 1540 g/mol. The molecule has 25 nitrogen and oxygen atoms in total. The number of rotatable bonds is 16. The number of aromatic nitrogens is 8. The van der Waals surface area contributed by atoms with Crippen LogP contribution < -0.4 is 29.8 Å². The Bertz CT molecular complexity index is 5680. The summed E-state index contributed by atoms with van der Waals surface area (Å²) >= 11 is 19.1. The van der Waals surface area contributed by atoms with Crippen molar-refractivity contribution in [3.8, 4) is 51.5 Å². The van der Waals surface area contributed by atoms with Crippen LogP contribution in [-0.2, 0) is 0 Å². The molecular formula is C82H71Cl3N12O13. The smallest absolute Gasteiger partial charge is 0.342 e. The summed E-state index contributed by atoms with van der Waals surface area (Å²) in [5.41, 5.74) is 6.54. The summed E-state index contributed by atoms with van der Waals surface area (Å²) in [5, 5.41) is 63.4. The first-order chi connectivity index (χ1) is 53.4. The SMILES string of the molecule is COc1ccc(-n2[nH]c3ccccc3c2=O)cc1.COc1ccc(-n2nc3ccccc3c2Cl)cc1.COc1ccc(NC(=O)c2ccccc2[N+](=O)[O-])cc1.Clc1c2ccccc2nn1-c1ccc(OCCN2CCCCC2)cc1.O=C(O)c1ccccc1[N+](=O)[O-].Oc1ccc(-n2nc3ccccc3c2Cl)cc1. The molecule has 1 fully saturated rings. The highest BCUT2D eigenvalue weighted by Crippen LogP contribution is 2.31. The predicted octanol–water partition coefficient (Wildman–Crippen LogP) is 18.1. The minimum Gasteiger partial charge on any atom is -0.508 e. The summed E-state index contributed by atoms with van der Waals surface area (Å²) in [6.45, 7) is 4.13. The van der Waals surface area contributed by atoms with Crippen molar-refractivity contribution >= 4 is 107 Å². The summed E-state index contributed by atoms with van der Waals surface area (Å²) < 4.78 is 27.8. The second kappa shape index (κ2) is 37.3. The van der Waals surface area contributed by atoms with Crippen LogP contribution in [0, 0.1) is 20.2 Å². The maximum absolute atomic E-state index is 12.2. The van der Waals surface area contributed by atoms with Crippen LogP contribution in [0.4, 0.5) is 17.1 Å². The number of benzene rings is 11. The van der Waals surface area contributed by atoms with Crippen LogP contribution >= 0.6 is 34.8 Å². The highest BCUT2D eigenvalue weighted by molar-refractivity contribution is 6.35. The molecule has 4 N–H and O–H groups in total. The summed E-state index contributed by atoms with van der Waals surface area (Å²) in [6.07, 6.45) is 3.99. The van der Waals surface area contributed by atoms with E-state index in [2.05, 4.69) is 30.6 Å². The van der Waals surface area contributed by atoms with Gasteiger partial charge in [-0.1, -0.05) is 114 Å².